The number of nitrogens with zero attached hydrogens (tertiary/aromatic N) is 1. The summed E-state index contributed by atoms with van der Waals surface area (Å²) < 4.78 is 39.6. The van der Waals surface area contributed by atoms with Gasteiger partial charge in [-0.3, -0.25) is 3.93 Å². The molecule has 0 aliphatic carbocycles. The van der Waals surface area contributed by atoms with Crippen molar-refractivity contribution >= 4 is 27.5 Å². The second kappa shape index (κ2) is 5.25. The molecule has 100 valence electrons. The van der Waals surface area contributed by atoms with Crippen LogP contribution in [0.2, 0.25) is 0 Å². The van der Waals surface area contributed by atoms with Gasteiger partial charge in [-0.05, 0) is 36.8 Å². The Morgan fingerprint density at radius 1 is 1.00 bits per heavy atom. The Kier molecular flexibility index (Phi) is 3.85. The zero-order chi connectivity index (χ0) is 14.0. The highest BCUT2D eigenvalue weighted by Gasteiger charge is 2.30. The van der Waals surface area contributed by atoms with Crippen molar-refractivity contribution in [3.8, 4) is 0 Å². The number of aryl methyl sites for hydroxylation is 1. The van der Waals surface area contributed by atoms with Gasteiger partial charge in [0, 0.05) is 0 Å². The van der Waals surface area contributed by atoms with Crippen molar-refractivity contribution in [2.45, 2.75) is 13.1 Å². The topological polar surface area (TPSA) is 3.24 Å². The molecule has 0 fully saturated rings. The molecule has 0 amide bonds. The van der Waals surface area contributed by atoms with Gasteiger partial charge in [-0.25, -0.2) is 0 Å². The fraction of sp³-hybridized carbons (Fsp3) is 0.143. The molecule has 0 aliphatic heterocycles. The van der Waals surface area contributed by atoms with Gasteiger partial charge in [0.15, 0.2) is 0 Å². The van der Waals surface area contributed by atoms with Crippen LogP contribution in [0.25, 0.3) is 0 Å². The highest BCUT2D eigenvalue weighted by atomic mass is 79.9. The van der Waals surface area contributed by atoms with E-state index in [1.807, 2.05) is 31.2 Å². The number of para-hydroxylation sites is 1. The van der Waals surface area contributed by atoms with E-state index in [1.54, 1.807) is 9.99 Å². The predicted octanol–water partition coefficient (Wildman–Crippen LogP) is 5.46. The summed E-state index contributed by atoms with van der Waals surface area (Å²) in [6.45, 7) is 1.90. The van der Waals surface area contributed by atoms with Gasteiger partial charge in [0.05, 0.1) is 33.1 Å². The molecule has 1 nitrogen and oxygen atoms in total. The van der Waals surface area contributed by atoms with Crippen molar-refractivity contribution in [2.75, 3.05) is 3.93 Å². The number of alkyl halides is 3. The molecule has 19 heavy (non-hydrogen) atoms. The normalized spacial score (nSPS) is 11.4. The molecule has 2 aromatic carbocycles. The molecule has 0 N–H and O–H groups in total. The Morgan fingerprint density at radius 3 is 2.32 bits per heavy atom. The van der Waals surface area contributed by atoms with Crippen LogP contribution in [0, 0.1) is 6.92 Å². The fourth-order valence-electron chi connectivity index (χ4n) is 1.73. The van der Waals surface area contributed by atoms with Crippen molar-refractivity contribution < 1.29 is 13.2 Å². The van der Waals surface area contributed by atoms with Crippen molar-refractivity contribution in [3.63, 3.8) is 0 Å². The molecular formula is C14H11BrF3N. The smallest absolute Gasteiger partial charge is 0.277 e. The van der Waals surface area contributed by atoms with E-state index in [-0.39, 0.29) is 0 Å². The second-order valence-electron chi connectivity index (χ2n) is 4.12. The molecule has 0 atom stereocenters. The molecule has 0 bridgehead atoms. The summed E-state index contributed by atoms with van der Waals surface area (Å²) in [5.41, 5.74) is 1.55. The van der Waals surface area contributed by atoms with Gasteiger partial charge < -0.3 is 0 Å². The highest BCUT2D eigenvalue weighted by molar-refractivity contribution is 9.10. The molecule has 0 aromatic heterocycles. The van der Waals surface area contributed by atoms with Crippen LogP contribution < -0.4 is 3.93 Å². The third kappa shape index (κ3) is 3.10. The lowest BCUT2D eigenvalue weighted by atomic mass is 10.1. The SMILES string of the molecule is Cc1ccccc1N(Br)c1cccc(C(F)(F)F)c1. The first-order chi connectivity index (χ1) is 8.89. The Labute approximate surface area is 118 Å². The Bertz CT molecular complexity index is 581. The first-order valence-electron chi connectivity index (χ1n) is 5.58. The van der Waals surface area contributed by atoms with Crippen LogP contribution in [-0.2, 0) is 6.18 Å². The molecule has 0 unspecified atom stereocenters. The second-order valence-corrected chi connectivity index (χ2v) is 4.82. The molecule has 0 radical (unpaired) electrons. The van der Waals surface area contributed by atoms with Gasteiger partial charge in [-0.15, -0.1) is 0 Å². The lowest BCUT2D eigenvalue weighted by molar-refractivity contribution is -0.137. The van der Waals surface area contributed by atoms with Crippen molar-refractivity contribution in [2.24, 2.45) is 0 Å². The van der Waals surface area contributed by atoms with Gasteiger partial charge in [0.1, 0.15) is 0 Å². The van der Waals surface area contributed by atoms with E-state index in [2.05, 4.69) is 16.1 Å². The summed E-state index contributed by atoms with van der Waals surface area (Å²) >= 11 is 3.31. The van der Waals surface area contributed by atoms with Crippen molar-refractivity contribution in [1.82, 2.24) is 0 Å². The van der Waals surface area contributed by atoms with Crippen LogP contribution >= 0.6 is 16.1 Å². The van der Waals surface area contributed by atoms with Crippen molar-refractivity contribution in [1.29, 1.82) is 0 Å². The number of benzene rings is 2. The minimum atomic E-state index is -4.34. The molecular weight excluding hydrogens is 319 g/mol. The number of rotatable bonds is 2. The van der Waals surface area contributed by atoms with E-state index in [4.69, 9.17) is 0 Å². The monoisotopic (exact) mass is 329 g/mol. The van der Waals surface area contributed by atoms with E-state index < -0.39 is 11.7 Å². The fourth-order valence-corrected chi connectivity index (χ4v) is 2.35. The summed E-state index contributed by atoms with van der Waals surface area (Å²) in [4.78, 5) is 0. The molecule has 5 heteroatoms. The molecule has 0 aliphatic rings. The van der Waals surface area contributed by atoms with Gasteiger partial charge in [0.25, 0.3) is 0 Å². The minimum Gasteiger partial charge on any atom is -0.277 e. The highest BCUT2D eigenvalue weighted by Crippen LogP contribution is 2.36. The van der Waals surface area contributed by atoms with Crippen LogP contribution in [0.1, 0.15) is 11.1 Å². The van der Waals surface area contributed by atoms with Gasteiger partial charge in [0.2, 0.25) is 0 Å². The maximum atomic E-state index is 12.7. The molecule has 0 saturated heterocycles. The van der Waals surface area contributed by atoms with E-state index in [0.29, 0.717) is 5.69 Å². The standard InChI is InChI=1S/C14H11BrF3N/c1-10-5-2-3-8-13(10)19(15)12-7-4-6-11(9-12)14(16,17)18/h2-9H,1H3. The van der Waals surface area contributed by atoms with Crippen LogP contribution in [0.4, 0.5) is 24.5 Å². The lowest BCUT2D eigenvalue weighted by Gasteiger charge is -2.19. The molecule has 0 heterocycles. The van der Waals surface area contributed by atoms with Crippen LogP contribution in [0.5, 0.6) is 0 Å². The summed E-state index contributed by atoms with van der Waals surface area (Å²) in [7, 11) is 0. The maximum absolute atomic E-state index is 12.7. The minimum absolute atomic E-state index is 0.434. The van der Waals surface area contributed by atoms with Gasteiger partial charge >= 0.3 is 6.18 Å². The number of anilines is 2. The third-order valence-electron chi connectivity index (χ3n) is 2.73. The average Bonchev–Trinajstić information content (AvgIpc) is 2.38. The maximum Gasteiger partial charge on any atom is 0.416 e. The Hall–Kier alpha value is -1.49. The summed E-state index contributed by atoms with van der Waals surface area (Å²) in [5.74, 6) is 0. The lowest BCUT2D eigenvalue weighted by Crippen LogP contribution is -2.08. The predicted molar refractivity (Wildman–Crippen MR) is 73.7 cm³/mol. The van der Waals surface area contributed by atoms with E-state index in [0.717, 1.165) is 23.4 Å². The number of halogens is 4. The largest absolute Gasteiger partial charge is 0.416 e. The quantitative estimate of drug-likeness (QED) is 0.661. The molecule has 2 aromatic rings. The van der Waals surface area contributed by atoms with Crippen LogP contribution in [0.15, 0.2) is 48.5 Å². The number of hydrogen-bond acceptors (Lipinski definition) is 1. The average molecular weight is 330 g/mol. The number of hydrogen-bond donors (Lipinski definition) is 0. The van der Waals surface area contributed by atoms with E-state index in [9.17, 15) is 13.2 Å². The zero-order valence-corrected chi connectivity index (χ0v) is 11.7. The van der Waals surface area contributed by atoms with Crippen molar-refractivity contribution in [3.05, 3.63) is 59.7 Å². The summed E-state index contributed by atoms with van der Waals surface area (Å²) in [6.07, 6.45) is -4.34. The first-order valence-corrected chi connectivity index (χ1v) is 6.29. The Balaban J connectivity index is 2.40. The van der Waals surface area contributed by atoms with E-state index >= 15 is 0 Å². The van der Waals surface area contributed by atoms with Gasteiger partial charge in [-0.1, -0.05) is 24.3 Å². The molecule has 0 saturated carbocycles. The van der Waals surface area contributed by atoms with Crippen LogP contribution in [-0.4, -0.2) is 0 Å². The third-order valence-corrected chi connectivity index (χ3v) is 3.52. The summed E-state index contributed by atoms with van der Waals surface area (Å²) in [5, 5.41) is 0. The van der Waals surface area contributed by atoms with Gasteiger partial charge in [-0.2, -0.15) is 13.2 Å². The van der Waals surface area contributed by atoms with E-state index in [1.165, 1.54) is 6.07 Å². The first kappa shape index (κ1) is 13.9. The zero-order valence-electron chi connectivity index (χ0n) is 10.1. The molecule has 2 rings (SSSR count). The summed E-state index contributed by atoms with van der Waals surface area (Å²) in [6, 6.07) is 12.6. The Morgan fingerprint density at radius 2 is 1.68 bits per heavy atom. The van der Waals surface area contributed by atoms with Crippen LogP contribution in [0.3, 0.4) is 0 Å². The molecule has 0 spiro atoms.